The fraction of sp³-hybridized carbons (Fsp3) is 0.833. The summed E-state index contributed by atoms with van der Waals surface area (Å²) in [7, 11) is 0. The zero-order valence-electron chi connectivity index (χ0n) is 18.1. The Labute approximate surface area is 173 Å². The van der Waals surface area contributed by atoms with Gasteiger partial charge in [-0.15, -0.1) is 0 Å². The third-order valence-corrected chi connectivity index (χ3v) is 5.62. The van der Waals surface area contributed by atoms with Crippen molar-refractivity contribution in [1.29, 1.82) is 0 Å². The van der Waals surface area contributed by atoms with Crippen molar-refractivity contribution in [2.75, 3.05) is 0 Å². The Kier molecular flexibility index (Phi) is 16.8. The first-order valence-electron chi connectivity index (χ1n) is 12.0. The standard InChI is InChI=1S/C24H44N2O2/c27-24(28)19-17-15-13-11-9-7-5-3-1-2-4-6-8-10-12-14-16-18-21-26-22-20-25-23-26/h20,22-23H,1-19,21H2,(H,27,28). The predicted octanol–water partition coefficient (Wildman–Crippen LogP) is 7.38. The summed E-state index contributed by atoms with van der Waals surface area (Å²) < 4.78 is 2.17. The fourth-order valence-electron chi connectivity index (χ4n) is 3.82. The molecule has 4 heteroatoms. The summed E-state index contributed by atoms with van der Waals surface area (Å²) in [5.41, 5.74) is 0. The third-order valence-electron chi connectivity index (χ3n) is 5.62. The molecule has 0 bridgehead atoms. The quantitative estimate of drug-likeness (QED) is 0.222. The van der Waals surface area contributed by atoms with Gasteiger partial charge in [-0.3, -0.25) is 4.79 Å². The first kappa shape index (κ1) is 24.7. The number of carboxylic acid groups (broad SMARTS) is 1. The van der Waals surface area contributed by atoms with Gasteiger partial charge in [0.15, 0.2) is 0 Å². The molecular formula is C24H44N2O2. The maximum Gasteiger partial charge on any atom is 0.303 e. The van der Waals surface area contributed by atoms with Crippen LogP contribution in [0.1, 0.15) is 122 Å². The van der Waals surface area contributed by atoms with Crippen molar-refractivity contribution in [2.45, 2.75) is 129 Å². The Morgan fingerprint density at radius 3 is 1.39 bits per heavy atom. The smallest absolute Gasteiger partial charge is 0.303 e. The van der Waals surface area contributed by atoms with Crippen molar-refractivity contribution in [3.05, 3.63) is 18.7 Å². The highest BCUT2D eigenvalue weighted by Crippen LogP contribution is 2.14. The van der Waals surface area contributed by atoms with Crippen LogP contribution >= 0.6 is 0 Å². The number of hydrogen-bond donors (Lipinski definition) is 1. The lowest BCUT2D eigenvalue weighted by Gasteiger charge is -2.04. The Balaban J connectivity index is 1.65. The van der Waals surface area contributed by atoms with Crippen LogP contribution in [0.5, 0.6) is 0 Å². The molecule has 1 N–H and O–H groups in total. The van der Waals surface area contributed by atoms with Crippen molar-refractivity contribution >= 4 is 5.97 Å². The second kappa shape index (κ2) is 19.0. The molecule has 0 aliphatic heterocycles. The minimum absolute atomic E-state index is 0.340. The van der Waals surface area contributed by atoms with E-state index in [2.05, 4.69) is 9.55 Å². The van der Waals surface area contributed by atoms with E-state index in [1.165, 1.54) is 103 Å². The predicted molar refractivity (Wildman–Crippen MR) is 118 cm³/mol. The lowest BCUT2D eigenvalue weighted by atomic mass is 10.0. The van der Waals surface area contributed by atoms with Crippen LogP contribution in [0.4, 0.5) is 0 Å². The molecule has 0 amide bonds. The van der Waals surface area contributed by atoms with Crippen LogP contribution in [0.15, 0.2) is 18.7 Å². The van der Waals surface area contributed by atoms with Gasteiger partial charge < -0.3 is 9.67 Å². The number of hydrogen-bond acceptors (Lipinski definition) is 2. The van der Waals surface area contributed by atoms with Crippen molar-refractivity contribution in [3.63, 3.8) is 0 Å². The topological polar surface area (TPSA) is 55.1 Å². The first-order chi connectivity index (χ1) is 13.8. The summed E-state index contributed by atoms with van der Waals surface area (Å²) in [5, 5.41) is 8.58. The summed E-state index contributed by atoms with van der Waals surface area (Å²) in [4.78, 5) is 14.5. The van der Waals surface area contributed by atoms with Gasteiger partial charge in [-0.2, -0.15) is 0 Å². The Hall–Kier alpha value is -1.32. The average molecular weight is 393 g/mol. The highest BCUT2D eigenvalue weighted by atomic mass is 16.4. The van der Waals surface area contributed by atoms with Gasteiger partial charge >= 0.3 is 5.97 Å². The number of carbonyl (C=O) groups is 1. The first-order valence-corrected chi connectivity index (χ1v) is 12.0. The largest absolute Gasteiger partial charge is 0.481 e. The molecule has 0 aliphatic carbocycles. The molecule has 0 saturated heterocycles. The minimum Gasteiger partial charge on any atom is -0.481 e. The maximum atomic E-state index is 10.4. The molecule has 1 aromatic heterocycles. The van der Waals surface area contributed by atoms with Crippen LogP contribution in [0.2, 0.25) is 0 Å². The molecule has 1 aromatic rings. The molecule has 4 nitrogen and oxygen atoms in total. The molecule has 0 aromatic carbocycles. The van der Waals surface area contributed by atoms with Gasteiger partial charge in [0.25, 0.3) is 0 Å². The number of aromatic nitrogens is 2. The van der Waals surface area contributed by atoms with Crippen LogP contribution < -0.4 is 0 Å². The molecule has 0 radical (unpaired) electrons. The highest BCUT2D eigenvalue weighted by molar-refractivity contribution is 5.66. The normalized spacial score (nSPS) is 11.1. The zero-order chi connectivity index (χ0) is 20.1. The third kappa shape index (κ3) is 16.8. The van der Waals surface area contributed by atoms with Gasteiger partial charge in [-0.05, 0) is 12.8 Å². The number of imidazole rings is 1. The van der Waals surface area contributed by atoms with Gasteiger partial charge in [-0.25, -0.2) is 4.98 Å². The molecule has 28 heavy (non-hydrogen) atoms. The average Bonchev–Trinajstić information content (AvgIpc) is 3.19. The van der Waals surface area contributed by atoms with Gasteiger partial charge in [0.1, 0.15) is 0 Å². The number of rotatable bonds is 21. The summed E-state index contributed by atoms with van der Waals surface area (Å²) in [6, 6.07) is 0. The number of aryl methyl sites for hydroxylation is 1. The van der Waals surface area contributed by atoms with E-state index in [-0.39, 0.29) is 0 Å². The van der Waals surface area contributed by atoms with Gasteiger partial charge in [-0.1, -0.05) is 103 Å². The van der Waals surface area contributed by atoms with Crippen molar-refractivity contribution in [3.8, 4) is 0 Å². The summed E-state index contributed by atoms with van der Waals surface area (Å²) in [6.07, 6.45) is 30.0. The van der Waals surface area contributed by atoms with Crippen molar-refractivity contribution in [2.24, 2.45) is 0 Å². The SMILES string of the molecule is O=C(O)CCCCCCCCCCCCCCCCCCCCn1ccnc1. The fourth-order valence-corrected chi connectivity index (χ4v) is 3.82. The summed E-state index contributed by atoms with van der Waals surface area (Å²) in [5.74, 6) is -0.655. The van der Waals surface area contributed by atoms with Crippen molar-refractivity contribution in [1.82, 2.24) is 9.55 Å². The minimum atomic E-state index is -0.655. The van der Waals surface area contributed by atoms with Gasteiger partial charge in [0.2, 0.25) is 0 Å². The molecule has 0 atom stereocenters. The van der Waals surface area contributed by atoms with Gasteiger partial charge in [0.05, 0.1) is 6.33 Å². The second-order valence-corrected chi connectivity index (χ2v) is 8.31. The molecule has 0 aliphatic rings. The van der Waals surface area contributed by atoms with Crippen LogP contribution in [-0.2, 0) is 11.3 Å². The lowest BCUT2D eigenvalue weighted by molar-refractivity contribution is -0.137. The molecule has 1 heterocycles. The van der Waals surface area contributed by atoms with E-state index in [4.69, 9.17) is 5.11 Å². The number of unbranched alkanes of at least 4 members (excludes halogenated alkanes) is 17. The van der Waals surface area contributed by atoms with E-state index >= 15 is 0 Å². The Morgan fingerprint density at radius 1 is 0.643 bits per heavy atom. The zero-order valence-corrected chi connectivity index (χ0v) is 18.1. The summed E-state index contributed by atoms with van der Waals surface area (Å²) >= 11 is 0. The number of nitrogens with zero attached hydrogens (tertiary/aromatic N) is 2. The molecule has 0 spiro atoms. The molecule has 0 unspecified atom stereocenters. The number of aliphatic carboxylic acids is 1. The number of carboxylic acids is 1. The van der Waals surface area contributed by atoms with Gasteiger partial charge in [0, 0.05) is 25.4 Å². The van der Waals surface area contributed by atoms with E-state index in [0.29, 0.717) is 6.42 Å². The van der Waals surface area contributed by atoms with Crippen LogP contribution in [-0.4, -0.2) is 20.6 Å². The molecule has 0 saturated carbocycles. The molecule has 0 fully saturated rings. The van der Waals surface area contributed by atoms with E-state index in [9.17, 15) is 4.79 Å². The monoisotopic (exact) mass is 392 g/mol. The van der Waals surface area contributed by atoms with Crippen LogP contribution in [0.3, 0.4) is 0 Å². The molecule has 162 valence electrons. The molecular weight excluding hydrogens is 348 g/mol. The maximum absolute atomic E-state index is 10.4. The van der Waals surface area contributed by atoms with E-state index in [1.807, 2.05) is 18.7 Å². The van der Waals surface area contributed by atoms with Crippen LogP contribution in [0, 0.1) is 0 Å². The summed E-state index contributed by atoms with van der Waals surface area (Å²) in [6.45, 7) is 1.12. The Morgan fingerprint density at radius 2 is 1.04 bits per heavy atom. The van der Waals surface area contributed by atoms with Crippen LogP contribution in [0.25, 0.3) is 0 Å². The second-order valence-electron chi connectivity index (χ2n) is 8.31. The Bertz CT molecular complexity index is 445. The lowest BCUT2D eigenvalue weighted by Crippen LogP contribution is -1.93. The van der Waals surface area contributed by atoms with Crippen molar-refractivity contribution < 1.29 is 9.90 Å². The van der Waals surface area contributed by atoms with E-state index in [1.54, 1.807) is 0 Å². The molecule has 1 rings (SSSR count). The van der Waals surface area contributed by atoms with E-state index < -0.39 is 5.97 Å². The van der Waals surface area contributed by atoms with E-state index in [0.717, 1.165) is 19.4 Å². The highest BCUT2D eigenvalue weighted by Gasteiger charge is 1.97.